The van der Waals surface area contributed by atoms with Crippen molar-refractivity contribution >= 4 is 17.6 Å². The van der Waals surface area contributed by atoms with Crippen LogP contribution < -0.4 is 0 Å². The Hall–Kier alpha value is -1.10. The highest BCUT2D eigenvalue weighted by Gasteiger charge is 2.52. The highest BCUT2D eigenvalue weighted by molar-refractivity contribution is 6.29. The number of allylic oxidation sites excluding steroid dienone is 1. The SMILES string of the molecule is C[C@H]1C=C[C@@H](O)C=C(Cl)CCOC(=O)C2=CC[C@H]3CCC[C@]4(CCC[C@H]14)N3C2. The summed E-state index contributed by atoms with van der Waals surface area (Å²) in [5.74, 6) is 0.730. The highest BCUT2D eigenvalue weighted by Crippen LogP contribution is 2.52. The minimum Gasteiger partial charge on any atom is -0.462 e. The topological polar surface area (TPSA) is 49.8 Å². The number of hydrogen-bond donors (Lipinski definition) is 1. The maximum atomic E-state index is 12.7. The van der Waals surface area contributed by atoms with Gasteiger partial charge in [0.05, 0.1) is 12.7 Å². The number of aliphatic hydroxyl groups excluding tert-OH is 1. The number of hydrogen-bond acceptors (Lipinski definition) is 4. The summed E-state index contributed by atoms with van der Waals surface area (Å²) in [7, 11) is 0. The first-order valence-corrected chi connectivity index (χ1v) is 11.2. The zero-order valence-electron chi connectivity index (χ0n) is 16.8. The summed E-state index contributed by atoms with van der Waals surface area (Å²) >= 11 is 6.22. The van der Waals surface area contributed by atoms with E-state index < -0.39 is 6.10 Å². The molecule has 28 heavy (non-hydrogen) atoms. The fourth-order valence-corrected chi connectivity index (χ4v) is 6.30. The van der Waals surface area contributed by atoms with Gasteiger partial charge in [0.1, 0.15) is 0 Å². The average Bonchev–Trinajstić information content (AvgIpc) is 3.09. The second-order valence-corrected chi connectivity index (χ2v) is 9.46. The fraction of sp³-hybridized carbons (Fsp3) is 0.696. The predicted octanol–water partition coefficient (Wildman–Crippen LogP) is 4.33. The normalized spacial score (nSPS) is 39.9. The first-order chi connectivity index (χ1) is 13.5. The zero-order chi connectivity index (χ0) is 19.7. The summed E-state index contributed by atoms with van der Waals surface area (Å²) < 4.78 is 5.50. The van der Waals surface area contributed by atoms with Crippen molar-refractivity contribution in [1.82, 2.24) is 4.90 Å². The molecule has 4 aliphatic rings. The summed E-state index contributed by atoms with van der Waals surface area (Å²) in [6.07, 6.45) is 15.8. The average molecular weight is 406 g/mol. The molecule has 4 rings (SSSR count). The Morgan fingerprint density at radius 2 is 2.04 bits per heavy atom. The van der Waals surface area contributed by atoms with Crippen LogP contribution in [0.3, 0.4) is 0 Å². The van der Waals surface area contributed by atoms with Crippen LogP contribution in [0.4, 0.5) is 0 Å². The van der Waals surface area contributed by atoms with Crippen LogP contribution in [0.15, 0.2) is 34.9 Å². The van der Waals surface area contributed by atoms with Crippen molar-refractivity contribution in [3.05, 3.63) is 34.9 Å². The lowest BCUT2D eigenvalue weighted by atomic mass is 9.70. The number of cyclic esters (lactones) is 1. The molecule has 5 heteroatoms. The van der Waals surface area contributed by atoms with Crippen LogP contribution in [-0.2, 0) is 9.53 Å². The number of carbonyl (C=O) groups is 1. The number of piperidine rings is 1. The molecule has 1 spiro atoms. The van der Waals surface area contributed by atoms with Crippen LogP contribution >= 0.6 is 11.6 Å². The second kappa shape index (κ2) is 8.33. The van der Waals surface area contributed by atoms with Gasteiger partial charge in [0.2, 0.25) is 0 Å². The first-order valence-electron chi connectivity index (χ1n) is 10.8. The largest absolute Gasteiger partial charge is 0.462 e. The lowest BCUT2D eigenvalue weighted by molar-refractivity contribution is -0.140. The van der Waals surface area contributed by atoms with Gasteiger partial charge in [0.25, 0.3) is 0 Å². The summed E-state index contributed by atoms with van der Waals surface area (Å²) in [6.45, 7) is 3.24. The molecule has 4 nitrogen and oxygen atoms in total. The summed E-state index contributed by atoms with van der Waals surface area (Å²) in [4.78, 5) is 15.3. The van der Waals surface area contributed by atoms with Crippen LogP contribution in [0.25, 0.3) is 0 Å². The van der Waals surface area contributed by atoms with Crippen molar-refractivity contribution in [2.45, 2.75) is 76.0 Å². The molecule has 0 amide bonds. The summed E-state index contributed by atoms with van der Waals surface area (Å²) in [5, 5.41) is 10.8. The van der Waals surface area contributed by atoms with E-state index in [-0.39, 0.29) is 18.1 Å². The van der Waals surface area contributed by atoms with E-state index >= 15 is 0 Å². The van der Waals surface area contributed by atoms with Crippen LogP contribution in [0.5, 0.6) is 0 Å². The van der Waals surface area contributed by atoms with Gasteiger partial charge in [0, 0.05) is 35.2 Å². The molecular formula is C23H32ClNO3. The Morgan fingerprint density at radius 1 is 1.25 bits per heavy atom. The van der Waals surface area contributed by atoms with E-state index in [0.717, 1.165) is 12.0 Å². The molecule has 0 unspecified atom stereocenters. The Balaban J connectivity index is 1.69. The monoisotopic (exact) mass is 405 g/mol. The van der Waals surface area contributed by atoms with Gasteiger partial charge in [-0.2, -0.15) is 0 Å². The molecule has 2 bridgehead atoms. The van der Waals surface area contributed by atoms with E-state index in [1.54, 1.807) is 6.08 Å². The number of aliphatic hydroxyl groups is 1. The second-order valence-electron chi connectivity index (χ2n) is 8.98. The Labute approximate surface area is 173 Å². The summed E-state index contributed by atoms with van der Waals surface area (Å²) in [5.41, 5.74) is 0.979. The highest BCUT2D eigenvalue weighted by atomic mass is 35.5. The number of fused-ring (bicyclic) bond motifs is 1. The molecule has 0 aromatic rings. The van der Waals surface area contributed by atoms with Crippen molar-refractivity contribution in [2.75, 3.05) is 13.2 Å². The van der Waals surface area contributed by atoms with Gasteiger partial charge in [-0.05, 0) is 50.0 Å². The third-order valence-corrected chi connectivity index (χ3v) is 7.70. The molecule has 1 N–H and O–H groups in total. The van der Waals surface area contributed by atoms with Crippen LogP contribution in [0, 0.1) is 11.8 Å². The van der Waals surface area contributed by atoms with Crippen molar-refractivity contribution in [1.29, 1.82) is 0 Å². The smallest absolute Gasteiger partial charge is 0.335 e. The molecule has 0 aromatic carbocycles. The third-order valence-electron chi connectivity index (χ3n) is 7.39. The van der Waals surface area contributed by atoms with Gasteiger partial charge < -0.3 is 9.84 Å². The molecule has 2 fully saturated rings. The minimum absolute atomic E-state index is 0.172. The molecule has 5 atom stereocenters. The third kappa shape index (κ3) is 3.83. The van der Waals surface area contributed by atoms with E-state index in [1.165, 1.54) is 38.5 Å². The molecule has 1 saturated carbocycles. The molecule has 3 aliphatic heterocycles. The predicted molar refractivity (Wildman–Crippen MR) is 111 cm³/mol. The number of esters is 1. The van der Waals surface area contributed by atoms with Crippen molar-refractivity contribution in [3.8, 4) is 0 Å². The number of carbonyl (C=O) groups excluding carboxylic acids is 1. The molecule has 1 aliphatic carbocycles. The van der Waals surface area contributed by atoms with Crippen LogP contribution in [0.2, 0.25) is 0 Å². The van der Waals surface area contributed by atoms with Gasteiger partial charge >= 0.3 is 5.97 Å². The first kappa shape index (κ1) is 20.2. The van der Waals surface area contributed by atoms with E-state index in [2.05, 4.69) is 24.0 Å². The van der Waals surface area contributed by atoms with E-state index in [9.17, 15) is 9.90 Å². The van der Waals surface area contributed by atoms with Crippen molar-refractivity contribution in [3.63, 3.8) is 0 Å². The van der Waals surface area contributed by atoms with E-state index in [0.29, 0.717) is 35.9 Å². The lowest BCUT2D eigenvalue weighted by Crippen LogP contribution is -2.61. The maximum Gasteiger partial charge on any atom is 0.335 e. The Morgan fingerprint density at radius 3 is 2.86 bits per heavy atom. The minimum atomic E-state index is -0.700. The van der Waals surface area contributed by atoms with Gasteiger partial charge in [-0.25, -0.2) is 4.79 Å². The summed E-state index contributed by atoms with van der Waals surface area (Å²) in [6, 6.07) is 0.541. The molecule has 0 aromatic heterocycles. The number of rotatable bonds is 0. The standard InChI is InChI=1S/C23H32ClNO3/c1-16-6-9-20(26)14-18(24)10-13-28-22(27)17-7-8-19-4-2-11-23(25(19)15-17)12-3-5-21(16)23/h6-7,9,14,16,19-21,26H,2-5,8,10-13,15H2,1H3/t16-,19+,20+,21+,23+/m0/s1. The number of halogens is 1. The fourth-order valence-electron chi connectivity index (χ4n) is 6.10. The van der Waals surface area contributed by atoms with Gasteiger partial charge in [0.15, 0.2) is 0 Å². The molecular weight excluding hydrogens is 374 g/mol. The maximum absolute atomic E-state index is 12.7. The van der Waals surface area contributed by atoms with Gasteiger partial charge in [-0.3, -0.25) is 4.90 Å². The van der Waals surface area contributed by atoms with E-state index in [1.807, 2.05) is 6.08 Å². The Bertz CT molecular complexity index is 700. The number of ether oxygens (including phenoxy) is 1. The molecule has 1 saturated heterocycles. The quantitative estimate of drug-likeness (QED) is 0.481. The van der Waals surface area contributed by atoms with Gasteiger partial charge in [-0.1, -0.05) is 49.6 Å². The molecule has 0 radical (unpaired) electrons. The Kier molecular flexibility index (Phi) is 6.01. The molecule has 3 heterocycles. The van der Waals surface area contributed by atoms with E-state index in [4.69, 9.17) is 16.3 Å². The molecule has 154 valence electrons. The van der Waals surface area contributed by atoms with Gasteiger partial charge in [-0.15, -0.1) is 0 Å². The van der Waals surface area contributed by atoms with Crippen molar-refractivity contribution < 1.29 is 14.6 Å². The number of nitrogens with zero attached hydrogens (tertiary/aromatic N) is 1. The van der Waals surface area contributed by atoms with Crippen LogP contribution in [-0.4, -0.2) is 46.8 Å². The lowest BCUT2D eigenvalue weighted by Gasteiger charge is -2.55. The zero-order valence-corrected chi connectivity index (χ0v) is 17.5. The van der Waals surface area contributed by atoms with Crippen LogP contribution in [0.1, 0.15) is 58.3 Å². The van der Waals surface area contributed by atoms with Crippen molar-refractivity contribution in [2.24, 2.45) is 11.8 Å².